The van der Waals surface area contributed by atoms with Crippen LogP contribution in [0.1, 0.15) is 10.4 Å². The summed E-state index contributed by atoms with van der Waals surface area (Å²) in [5, 5.41) is 0. The van der Waals surface area contributed by atoms with Crippen LogP contribution >= 0.6 is 0 Å². The average Bonchev–Trinajstić information content (AvgIpc) is 2.45. The third kappa shape index (κ3) is 3.63. The maximum atomic E-state index is 11.5. The Morgan fingerprint density at radius 2 is 1.78 bits per heavy atom. The first-order chi connectivity index (χ1) is 8.86. The molecule has 0 fully saturated rings. The first-order valence-corrected chi connectivity index (χ1v) is 5.68. The van der Waals surface area contributed by atoms with Gasteiger partial charge in [0.25, 0.3) is 0 Å². The molecule has 0 unspecified atom stereocenters. The van der Waals surface area contributed by atoms with Crippen molar-refractivity contribution in [2.24, 2.45) is 0 Å². The summed E-state index contributed by atoms with van der Waals surface area (Å²) < 4.78 is 10.5. The fraction of sp³-hybridized carbons (Fsp3) is 0.133. The maximum absolute atomic E-state index is 11.5. The topological polar surface area (TPSA) is 35.5 Å². The van der Waals surface area contributed by atoms with Gasteiger partial charge < -0.3 is 9.47 Å². The fourth-order valence-corrected chi connectivity index (χ4v) is 1.41. The molecule has 91 valence electrons. The Labute approximate surface area is 106 Å². The number of benzene rings is 2. The van der Waals surface area contributed by atoms with E-state index in [9.17, 15) is 4.79 Å². The minimum absolute atomic E-state index is 0.219. The van der Waals surface area contributed by atoms with Gasteiger partial charge in [-0.1, -0.05) is 36.4 Å². The molecule has 3 nitrogen and oxygen atoms in total. The van der Waals surface area contributed by atoms with Gasteiger partial charge in [-0.15, -0.1) is 0 Å². The molecule has 0 aliphatic heterocycles. The zero-order chi connectivity index (χ0) is 12.6. The zero-order valence-electron chi connectivity index (χ0n) is 9.84. The summed E-state index contributed by atoms with van der Waals surface area (Å²) >= 11 is 0. The van der Waals surface area contributed by atoms with Crippen LogP contribution in [-0.4, -0.2) is 19.2 Å². The molecule has 0 N–H and O–H groups in total. The molecular weight excluding hydrogens is 228 g/mol. The zero-order valence-corrected chi connectivity index (χ0v) is 9.84. The molecule has 3 heteroatoms. The van der Waals surface area contributed by atoms with Gasteiger partial charge in [0.1, 0.15) is 19.0 Å². The quantitative estimate of drug-likeness (QED) is 0.596. The number of para-hydroxylation sites is 1. The number of rotatable bonds is 5. The van der Waals surface area contributed by atoms with Crippen molar-refractivity contribution >= 4 is 5.97 Å². The monoisotopic (exact) mass is 241 g/mol. The molecule has 0 spiro atoms. The van der Waals surface area contributed by atoms with E-state index in [1.807, 2.05) is 30.3 Å². The Morgan fingerprint density at radius 1 is 1.00 bits per heavy atom. The van der Waals surface area contributed by atoms with Crippen molar-refractivity contribution in [1.29, 1.82) is 0 Å². The highest BCUT2D eigenvalue weighted by molar-refractivity contribution is 5.88. The van der Waals surface area contributed by atoms with Gasteiger partial charge in [-0.25, -0.2) is 4.79 Å². The molecule has 18 heavy (non-hydrogen) atoms. The molecule has 2 rings (SSSR count). The SMILES string of the molecule is O=C(OCCOc1ccccc1)c1[c]cccc1. The van der Waals surface area contributed by atoms with E-state index in [0.29, 0.717) is 12.2 Å². The first-order valence-electron chi connectivity index (χ1n) is 5.68. The van der Waals surface area contributed by atoms with Crippen molar-refractivity contribution in [3.05, 3.63) is 66.2 Å². The van der Waals surface area contributed by atoms with E-state index in [1.54, 1.807) is 24.3 Å². The van der Waals surface area contributed by atoms with Gasteiger partial charge in [-0.2, -0.15) is 0 Å². The van der Waals surface area contributed by atoms with Gasteiger partial charge in [-0.05, 0) is 24.3 Å². The summed E-state index contributed by atoms with van der Waals surface area (Å²) in [5.74, 6) is 0.382. The molecule has 1 radical (unpaired) electrons. The van der Waals surface area contributed by atoms with Crippen LogP contribution in [0.5, 0.6) is 5.75 Å². The van der Waals surface area contributed by atoms with Gasteiger partial charge in [0.05, 0.1) is 5.56 Å². The fourth-order valence-electron chi connectivity index (χ4n) is 1.41. The number of esters is 1. The number of hydrogen-bond donors (Lipinski definition) is 0. The molecule has 0 aliphatic carbocycles. The van der Waals surface area contributed by atoms with Crippen LogP contribution < -0.4 is 4.74 Å². The van der Waals surface area contributed by atoms with Crippen molar-refractivity contribution in [1.82, 2.24) is 0 Å². The second kappa shape index (κ2) is 6.45. The lowest BCUT2D eigenvalue weighted by atomic mass is 10.2. The summed E-state index contributed by atoms with van der Waals surface area (Å²) in [6.45, 7) is 0.555. The Hall–Kier alpha value is -2.29. The van der Waals surface area contributed by atoms with E-state index in [-0.39, 0.29) is 12.6 Å². The van der Waals surface area contributed by atoms with Crippen LogP contribution in [-0.2, 0) is 4.74 Å². The maximum Gasteiger partial charge on any atom is 0.338 e. The molecule has 0 aromatic heterocycles. The van der Waals surface area contributed by atoms with Crippen LogP contribution in [0.2, 0.25) is 0 Å². The summed E-state index contributed by atoms with van der Waals surface area (Å²) in [4.78, 5) is 11.5. The summed E-state index contributed by atoms with van der Waals surface area (Å²) in [7, 11) is 0. The largest absolute Gasteiger partial charge is 0.490 e. The highest BCUT2D eigenvalue weighted by Gasteiger charge is 2.05. The Morgan fingerprint density at radius 3 is 2.50 bits per heavy atom. The van der Waals surface area contributed by atoms with Crippen LogP contribution in [0, 0.1) is 6.07 Å². The van der Waals surface area contributed by atoms with Crippen molar-refractivity contribution in [2.75, 3.05) is 13.2 Å². The van der Waals surface area contributed by atoms with E-state index in [0.717, 1.165) is 5.75 Å². The van der Waals surface area contributed by atoms with Crippen molar-refractivity contribution in [2.45, 2.75) is 0 Å². The van der Waals surface area contributed by atoms with E-state index < -0.39 is 0 Å². The van der Waals surface area contributed by atoms with E-state index in [1.165, 1.54) is 0 Å². The molecule has 0 saturated heterocycles. The molecular formula is C15H13O3. The van der Waals surface area contributed by atoms with E-state index >= 15 is 0 Å². The second-order valence-electron chi connectivity index (χ2n) is 3.57. The number of ether oxygens (including phenoxy) is 2. The van der Waals surface area contributed by atoms with Gasteiger partial charge in [0.2, 0.25) is 0 Å². The molecule has 0 heterocycles. The lowest BCUT2D eigenvalue weighted by Gasteiger charge is -2.06. The van der Waals surface area contributed by atoms with Crippen LogP contribution in [0.3, 0.4) is 0 Å². The standard InChI is InChI=1S/C15H13O3/c16-15(13-7-3-1-4-8-13)18-12-11-17-14-9-5-2-6-10-14/h1-7,9-10H,11-12H2. The van der Waals surface area contributed by atoms with Crippen molar-refractivity contribution in [3.8, 4) is 5.75 Å². The molecule has 0 bridgehead atoms. The lowest BCUT2D eigenvalue weighted by molar-refractivity contribution is 0.0450. The minimum Gasteiger partial charge on any atom is -0.490 e. The molecule has 0 atom stereocenters. The van der Waals surface area contributed by atoms with E-state index in [2.05, 4.69) is 6.07 Å². The highest BCUT2D eigenvalue weighted by atomic mass is 16.6. The van der Waals surface area contributed by atoms with E-state index in [4.69, 9.17) is 9.47 Å². The molecule has 2 aromatic rings. The van der Waals surface area contributed by atoms with Crippen LogP contribution in [0.25, 0.3) is 0 Å². The minimum atomic E-state index is -0.382. The van der Waals surface area contributed by atoms with Crippen molar-refractivity contribution in [3.63, 3.8) is 0 Å². The van der Waals surface area contributed by atoms with Gasteiger partial charge in [0, 0.05) is 0 Å². The predicted molar refractivity (Wildman–Crippen MR) is 67.5 cm³/mol. The van der Waals surface area contributed by atoms with Crippen molar-refractivity contribution < 1.29 is 14.3 Å². The van der Waals surface area contributed by atoms with Gasteiger partial charge >= 0.3 is 5.97 Å². The Bertz CT molecular complexity index is 480. The number of carbonyl (C=O) groups excluding carboxylic acids is 1. The summed E-state index contributed by atoms with van der Waals surface area (Å²) in [5.41, 5.74) is 0.428. The summed E-state index contributed by atoms with van der Waals surface area (Å²) in [6.07, 6.45) is 0. The predicted octanol–water partition coefficient (Wildman–Crippen LogP) is 2.72. The molecule has 0 saturated carbocycles. The second-order valence-corrected chi connectivity index (χ2v) is 3.57. The highest BCUT2D eigenvalue weighted by Crippen LogP contribution is 2.08. The third-order valence-corrected chi connectivity index (χ3v) is 2.26. The lowest BCUT2D eigenvalue weighted by Crippen LogP contribution is -2.12. The van der Waals surface area contributed by atoms with Gasteiger partial charge in [0.15, 0.2) is 0 Å². The summed E-state index contributed by atoms with van der Waals surface area (Å²) in [6, 6.07) is 19.1. The molecule has 2 aromatic carbocycles. The van der Waals surface area contributed by atoms with Crippen LogP contribution in [0.4, 0.5) is 0 Å². The molecule has 0 aliphatic rings. The smallest absolute Gasteiger partial charge is 0.338 e. The number of carbonyl (C=O) groups is 1. The third-order valence-electron chi connectivity index (χ3n) is 2.26. The normalized spacial score (nSPS) is 9.78. The Kier molecular flexibility index (Phi) is 4.36. The van der Waals surface area contributed by atoms with Gasteiger partial charge in [-0.3, -0.25) is 0 Å². The Balaban J connectivity index is 1.72. The average molecular weight is 241 g/mol. The first kappa shape index (κ1) is 12.2. The molecule has 0 amide bonds. The number of hydrogen-bond acceptors (Lipinski definition) is 3. The van der Waals surface area contributed by atoms with Crippen LogP contribution in [0.15, 0.2) is 54.6 Å².